The van der Waals surface area contributed by atoms with Crippen LogP contribution in [0.25, 0.3) is 0 Å². The van der Waals surface area contributed by atoms with Crippen LogP contribution in [0, 0.1) is 19.3 Å². The van der Waals surface area contributed by atoms with Crippen molar-refractivity contribution in [2.45, 2.75) is 13.8 Å². The van der Waals surface area contributed by atoms with Crippen molar-refractivity contribution in [3.8, 4) is 0 Å². The van der Waals surface area contributed by atoms with E-state index in [1.807, 2.05) is 5.32 Å². The number of nitrogens with one attached hydrogen (secondary N) is 2. The van der Waals surface area contributed by atoms with Crippen molar-refractivity contribution < 1.29 is 9.90 Å². The first kappa shape index (κ1) is 9.24. The van der Waals surface area contributed by atoms with E-state index >= 15 is 0 Å². The molecule has 0 radical (unpaired) electrons. The maximum atomic E-state index is 10.2. The molecule has 1 heterocycles. The average molecular weight is 182 g/mol. The zero-order chi connectivity index (χ0) is 10.0. The van der Waals surface area contributed by atoms with Gasteiger partial charge in [-0.2, -0.15) is 5.10 Å². The van der Waals surface area contributed by atoms with Gasteiger partial charge in [0.25, 0.3) is 0 Å². The monoisotopic (exact) mass is 182 g/mol. The lowest BCUT2D eigenvalue weighted by Crippen LogP contribution is -2.34. The number of nitrogens with zero attached hydrogens (tertiary/aromatic N) is 2. The molecule has 6 heteroatoms. The number of aryl methyl sites for hydroxylation is 2. The van der Waals surface area contributed by atoms with Crippen molar-refractivity contribution in [2.24, 2.45) is 0 Å². The standard InChI is InChI=1S/C7H10N4O2/c1-4-3-5(2)11(10-4)6(8)9-7(12)13/h3H,1-2H3,(H2,8,9)(H,12,13). The van der Waals surface area contributed by atoms with Gasteiger partial charge in [-0.1, -0.05) is 0 Å². The van der Waals surface area contributed by atoms with Crippen LogP contribution < -0.4 is 5.32 Å². The van der Waals surface area contributed by atoms with Gasteiger partial charge in [0.2, 0.25) is 5.96 Å². The zero-order valence-corrected chi connectivity index (χ0v) is 7.33. The molecule has 0 saturated carbocycles. The number of carboxylic acid groups (broad SMARTS) is 1. The summed E-state index contributed by atoms with van der Waals surface area (Å²) in [6.07, 6.45) is -1.27. The van der Waals surface area contributed by atoms with Crippen LogP contribution in [-0.2, 0) is 0 Å². The number of hydrogen-bond acceptors (Lipinski definition) is 3. The number of rotatable bonds is 0. The second-order valence-electron chi connectivity index (χ2n) is 2.62. The van der Waals surface area contributed by atoms with Gasteiger partial charge in [-0.15, -0.1) is 0 Å². The largest absolute Gasteiger partial charge is 0.465 e. The fraction of sp³-hybridized carbons (Fsp3) is 0.286. The summed E-state index contributed by atoms with van der Waals surface area (Å²) < 4.78 is 1.23. The lowest BCUT2D eigenvalue weighted by molar-refractivity contribution is 0.199. The van der Waals surface area contributed by atoms with E-state index in [2.05, 4.69) is 5.10 Å². The molecular weight excluding hydrogens is 172 g/mol. The summed E-state index contributed by atoms with van der Waals surface area (Å²) in [4.78, 5) is 10.2. The smallest absolute Gasteiger partial charge is 0.411 e. The molecule has 0 saturated heterocycles. The minimum atomic E-state index is -1.27. The molecule has 0 spiro atoms. The summed E-state index contributed by atoms with van der Waals surface area (Å²) in [5.74, 6) is -0.266. The van der Waals surface area contributed by atoms with E-state index in [1.54, 1.807) is 19.9 Å². The Balaban J connectivity index is 2.88. The first-order chi connectivity index (χ1) is 6.00. The van der Waals surface area contributed by atoms with Crippen LogP contribution in [0.15, 0.2) is 6.07 Å². The molecule has 0 atom stereocenters. The summed E-state index contributed by atoms with van der Waals surface area (Å²) in [7, 11) is 0. The Morgan fingerprint density at radius 1 is 1.69 bits per heavy atom. The molecule has 0 aromatic carbocycles. The number of aromatic nitrogens is 2. The van der Waals surface area contributed by atoms with Crippen LogP contribution in [-0.4, -0.2) is 26.9 Å². The molecule has 0 aliphatic carbocycles. The highest BCUT2D eigenvalue weighted by Gasteiger charge is 2.08. The van der Waals surface area contributed by atoms with Crippen molar-refractivity contribution in [3.63, 3.8) is 0 Å². The minimum Gasteiger partial charge on any atom is -0.465 e. The molecule has 1 amide bonds. The Morgan fingerprint density at radius 2 is 2.31 bits per heavy atom. The Kier molecular flexibility index (Phi) is 2.32. The molecule has 1 rings (SSSR count). The molecule has 70 valence electrons. The third-order valence-corrected chi connectivity index (χ3v) is 1.45. The molecule has 13 heavy (non-hydrogen) atoms. The minimum absolute atomic E-state index is 0.266. The van der Waals surface area contributed by atoms with E-state index in [0.717, 1.165) is 11.4 Å². The number of hydrogen-bond donors (Lipinski definition) is 3. The zero-order valence-electron chi connectivity index (χ0n) is 7.33. The lowest BCUT2D eigenvalue weighted by atomic mass is 10.4. The molecule has 1 aromatic heterocycles. The highest BCUT2D eigenvalue weighted by molar-refractivity contribution is 5.92. The molecule has 0 aliphatic rings. The van der Waals surface area contributed by atoms with Gasteiger partial charge in [-0.25, -0.2) is 9.48 Å². The Hall–Kier alpha value is -1.85. The second kappa shape index (κ2) is 3.26. The molecular formula is C7H10N4O2. The Morgan fingerprint density at radius 3 is 2.69 bits per heavy atom. The van der Waals surface area contributed by atoms with Crippen LogP contribution in [0.1, 0.15) is 11.4 Å². The Labute approximate surface area is 74.7 Å². The fourth-order valence-electron chi connectivity index (χ4n) is 1.01. The lowest BCUT2D eigenvalue weighted by Gasteiger charge is -2.03. The molecule has 0 fully saturated rings. The quantitative estimate of drug-likeness (QED) is 0.404. The van der Waals surface area contributed by atoms with Gasteiger partial charge in [0.15, 0.2) is 0 Å². The van der Waals surface area contributed by atoms with Crippen molar-refractivity contribution >= 4 is 12.1 Å². The first-order valence-electron chi connectivity index (χ1n) is 3.63. The number of carbonyl (C=O) groups is 1. The van der Waals surface area contributed by atoms with Gasteiger partial charge >= 0.3 is 6.09 Å². The topological polar surface area (TPSA) is 91.0 Å². The van der Waals surface area contributed by atoms with Crippen molar-refractivity contribution in [1.82, 2.24) is 15.1 Å². The highest BCUT2D eigenvalue weighted by Crippen LogP contribution is 1.99. The van der Waals surface area contributed by atoms with Gasteiger partial charge in [0.1, 0.15) is 0 Å². The Bertz CT molecular complexity index is 355. The maximum Gasteiger partial charge on any atom is 0.411 e. The third-order valence-electron chi connectivity index (χ3n) is 1.45. The second-order valence-corrected chi connectivity index (χ2v) is 2.62. The van der Waals surface area contributed by atoms with Crippen molar-refractivity contribution in [2.75, 3.05) is 0 Å². The van der Waals surface area contributed by atoms with Crippen LogP contribution >= 0.6 is 0 Å². The summed E-state index contributed by atoms with van der Waals surface area (Å²) in [6, 6.07) is 1.76. The fourth-order valence-corrected chi connectivity index (χ4v) is 1.01. The normalized spacial score (nSPS) is 9.69. The summed E-state index contributed by atoms with van der Waals surface area (Å²) in [5, 5.41) is 21.5. The van der Waals surface area contributed by atoms with Gasteiger partial charge < -0.3 is 5.11 Å². The van der Waals surface area contributed by atoms with Crippen molar-refractivity contribution in [1.29, 1.82) is 5.41 Å². The van der Waals surface area contributed by atoms with Gasteiger partial charge in [-0.3, -0.25) is 10.7 Å². The first-order valence-corrected chi connectivity index (χ1v) is 3.63. The predicted molar refractivity (Wildman–Crippen MR) is 46.0 cm³/mol. The summed E-state index contributed by atoms with van der Waals surface area (Å²) >= 11 is 0. The van der Waals surface area contributed by atoms with Gasteiger partial charge in [0.05, 0.1) is 5.69 Å². The van der Waals surface area contributed by atoms with E-state index in [0.29, 0.717) is 0 Å². The van der Waals surface area contributed by atoms with Crippen LogP contribution in [0.2, 0.25) is 0 Å². The van der Waals surface area contributed by atoms with Gasteiger partial charge in [-0.05, 0) is 19.9 Å². The predicted octanol–water partition coefficient (Wildman–Crippen LogP) is 0.550. The van der Waals surface area contributed by atoms with Crippen molar-refractivity contribution in [3.05, 3.63) is 17.5 Å². The van der Waals surface area contributed by atoms with E-state index < -0.39 is 6.09 Å². The van der Waals surface area contributed by atoms with Gasteiger partial charge in [0, 0.05) is 5.69 Å². The molecule has 0 unspecified atom stereocenters. The molecule has 0 aliphatic heterocycles. The molecule has 0 bridgehead atoms. The van der Waals surface area contributed by atoms with E-state index in [9.17, 15) is 4.79 Å². The van der Waals surface area contributed by atoms with Crippen LogP contribution in [0.4, 0.5) is 4.79 Å². The summed E-state index contributed by atoms with van der Waals surface area (Å²) in [6.45, 7) is 3.52. The SMILES string of the molecule is Cc1cc(C)n(C(=N)NC(=O)O)n1. The van der Waals surface area contributed by atoms with E-state index in [1.165, 1.54) is 4.68 Å². The average Bonchev–Trinajstić information content (AvgIpc) is 2.28. The molecule has 3 N–H and O–H groups in total. The van der Waals surface area contributed by atoms with E-state index in [4.69, 9.17) is 10.5 Å². The highest BCUT2D eigenvalue weighted by atomic mass is 16.4. The van der Waals surface area contributed by atoms with Crippen LogP contribution in [0.5, 0.6) is 0 Å². The summed E-state index contributed by atoms with van der Waals surface area (Å²) in [5.41, 5.74) is 1.46. The maximum absolute atomic E-state index is 10.2. The van der Waals surface area contributed by atoms with Crippen LogP contribution in [0.3, 0.4) is 0 Å². The molecule has 6 nitrogen and oxygen atoms in total. The van der Waals surface area contributed by atoms with E-state index in [-0.39, 0.29) is 5.96 Å². The molecule has 1 aromatic rings. The number of amides is 1. The third kappa shape index (κ3) is 2.05.